The lowest BCUT2D eigenvalue weighted by Crippen LogP contribution is -2.32. The average molecular weight is 190 g/mol. The zero-order valence-electron chi connectivity index (χ0n) is 6.99. The standard InChI is InChI=1S/C8H14O3S/c9-8(3-4-8)7-1-5-12(10,11)6-2-7/h7,9H,1-6H2. The van der Waals surface area contributed by atoms with Crippen molar-refractivity contribution in [1.29, 1.82) is 0 Å². The molecule has 12 heavy (non-hydrogen) atoms. The van der Waals surface area contributed by atoms with Crippen molar-refractivity contribution in [2.45, 2.75) is 31.3 Å². The van der Waals surface area contributed by atoms with Crippen LogP contribution in [-0.2, 0) is 9.84 Å². The third kappa shape index (κ3) is 1.50. The molecule has 0 amide bonds. The van der Waals surface area contributed by atoms with Crippen molar-refractivity contribution >= 4 is 9.84 Å². The van der Waals surface area contributed by atoms with Crippen LogP contribution in [0.2, 0.25) is 0 Å². The van der Waals surface area contributed by atoms with E-state index in [1.165, 1.54) is 0 Å². The average Bonchev–Trinajstić information content (AvgIpc) is 2.68. The molecule has 0 radical (unpaired) electrons. The van der Waals surface area contributed by atoms with E-state index < -0.39 is 15.4 Å². The summed E-state index contributed by atoms with van der Waals surface area (Å²) in [5, 5.41) is 9.73. The smallest absolute Gasteiger partial charge is 0.150 e. The van der Waals surface area contributed by atoms with Crippen molar-refractivity contribution in [3.8, 4) is 0 Å². The topological polar surface area (TPSA) is 54.4 Å². The quantitative estimate of drug-likeness (QED) is 0.648. The summed E-state index contributed by atoms with van der Waals surface area (Å²) in [6.07, 6.45) is 3.08. The van der Waals surface area contributed by atoms with Crippen LogP contribution in [0.5, 0.6) is 0 Å². The molecule has 0 aromatic carbocycles. The van der Waals surface area contributed by atoms with E-state index in [2.05, 4.69) is 0 Å². The van der Waals surface area contributed by atoms with E-state index in [-0.39, 0.29) is 17.4 Å². The van der Waals surface area contributed by atoms with Crippen molar-refractivity contribution in [3.05, 3.63) is 0 Å². The number of sulfone groups is 1. The Hall–Kier alpha value is -0.0900. The van der Waals surface area contributed by atoms with Gasteiger partial charge in [0.25, 0.3) is 0 Å². The van der Waals surface area contributed by atoms with Gasteiger partial charge in [-0.05, 0) is 31.6 Å². The molecule has 4 heteroatoms. The molecule has 1 N–H and O–H groups in total. The first-order chi connectivity index (χ1) is 5.52. The van der Waals surface area contributed by atoms with Crippen molar-refractivity contribution in [3.63, 3.8) is 0 Å². The van der Waals surface area contributed by atoms with Gasteiger partial charge in [-0.2, -0.15) is 0 Å². The lowest BCUT2D eigenvalue weighted by Gasteiger charge is -2.26. The molecule has 0 aromatic heterocycles. The lowest BCUT2D eigenvalue weighted by molar-refractivity contribution is 0.0763. The molecule has 2 fully saturated rings. The summed E-state index contributed by atoms with van der Waals surface area (Å²) >= 11 is 0. The Balaban J connectivity index is 1.99. The van der Waals surface area contributed by atoms with Crippen LogP contribution < -0.4 is 0 Å². The largest absolute Gasteiger partial charge is 0.390 e. The second kappa shape index (κ2) is 2.45. The highest BCUT2D eigenvalue weighted by molar-refractivity contribution is 7.91. The summed E-state index contributed by atoms with van der Waals surface area (Å²) in [6, 6.07) is 0. The third-order valence-corrected chi connectivity index (χ3v) is 4.79. The second-order valence-electron chi connectivity index (χ2n) is 4.03. The molecule has 1 saturated heterocycles. The molecule has 0 bridgehead atoms. The summed E-state index contributed by atoms with van der Waals surface area (Å²) in [5.74, 6) is 0.806. The summed E-state index contributed by atoms with van der Waals surface area (Å²) in [4.78, 5) is 0. The van der Waals surface area contributed by atoms with Gasteiger partial charge in [-0.25, -0.2) is 8.42 Å². The maximum Gasteiger partial charge on any atom is 0.150 e. The van der Waals surface area contributed by atoms with Gasteiger partial charge < -0.3 is 5.11 Å². The van der Waals surface area contributed by atoms with Crippen molar-refractivity contribution in [2.24, 2.45) is 5.92 Å². The van der Waals surface area contributed by atoms with Crippen LogP contribution in [0.25, 0.3) is 0 Å². The highest BCUT2D eigenvalue weighted by Crippen LogP contribution is 2.46. The van der Waals surface area contributed by atoms with Gasteiger partial charge in [-0.15, -0.1) is 0 Å². The Morgan fingerprint density at radius 3 is 2.08 bits per heavy atom. The molecule has 2 rings (SSSR count). The molecule has 1 saturated carbocycles. The SMILES string of the molecule is O=S1(=O)CCC(C2(O)CC2)CC1. The van der Waals surface area contributed by atoms with Gasteiger partial charge in [0.05, 0.1) is 17.1 Å². The van der Waals surface area contributed by atoms with Gasteiger partial charge in [0.2, 0.25) is 0 Å². The Morgan fingerprint density at radius 1 is 1.17 bits per heavy atom. The highest BCUT2D eigenvalue weighted by atomic mass is 32.2. The van der Waals surface area contributed by atoms with E-state index in [9.17, 15) is 13.5 Å². The molecule has 3 nitrogen and oxygen atoms in total. The van der Waals surface area contributed by atoms with Crippen molar-refractivity contribution in [1.82, 2.24) is 0 Å². The fourth-order valence-electron chi connectivity index (χ4n) is 1.96. The first kappa shape index (κ1) is 8.51. The van der Waals surface area contributed by atoms with Crippen LogP contribution in [0.15, 0.2) is 0 Å². The zero-order chi connectivity index (χ0) is 8.82. The maximum absolute atomic E-state index is 11.1. The van der Waals surface area contributed by atoms with Gasteiger partial charge in [-0.1, -0.05) is 0 Å². The number of rotatable bonds is 1. The first-order valence-electron chi connectivity index (χ1n) is 4.45. The molecule has 0 atom stereocenters. The van der Waals surface area contributed by atoms with Gasteiger partial charge in [0, 0.05) is 0 Å². The molecule has 70 valence electrons. The normalized spacial score (nSPS) is 33.1. The van der Waals surface area contributed by atoms with Crippen LogP contribution in [0.4, 0.5) is 0 Å². The molecule has 1 heterocycles. The van der Waals surface area contributed by atoms with Crippen LogP contribution in [0, 0.1) is 5.92 Å². The third-order valence-electron chi connectivity index (χ3n) is 3.08. The number of aliphatic hydroxyl groups is 1. The Labute approximate surface area is 72.7 Å². The molecule has 0 spiro atoms. The predicted octanol–water partition coefficient (Wildman–Crippen LogP) is 0.336. The van der Waals surface area contributed by atoms with Crippen LogP contribution in [-0.4, -0.2) is 30.6 Å². The first-order valence-corrected chi connectivity index (χ1v) is 6.27. The monoisotopic (exact) mass is 190 g/mol. The van der Waals surface area contributed by atoms with Crippen molar-refractivity contribution < 1.29 is 13.5 Å². The lowest BCUT2D eigenvalue weighted by atomic mass is 9.94. The molecule has 0 aromatic rings. The van der Waals surface area contributed by atoms with Crippen LogP contribution >= 0.6 is 0 Å². The predicted molar refractivity (Wildman–Crippen MR) is 45.6 cm³/mol. The Bertz CT molecular complexity index is 263. The fraction of sp³-hybridized carbons (Fsp3) is 1.00. The summed E-state index contributed by atoms with van der Waals surface area (Å²) in [5.41, 5.74) is -0.476. The summed E-state index contributed by atoms with van der Waals surface area (Å²) < 4.78 is 22.1. The minimum atomic E-state index is -2.76. The molecular formula is C8H14O3S. The molecule has 2 aliphatic rings. The maximum atomic E-state index is 11.1. The fourth-order valence-corrected chi connectivity index (χ4v) is 3.46. The van der Waals surface area contributed by atoms with E-state index in [0.717, 1.165) is 12.8 Å². The molecule has 1 aliphatic heterocycles. The van der Waals surface area contributed by atoms with Crippen LogP contribution in [0.3, 0.4) is 0 Å². The molecular weight excluding hydrogens is 176 g/mol. The minimum Gasteiger partial charge on any atom is -0.390 e. The molecule has 1 aliphatic carbocycles. The van der Waals surface area contributed by atoms with Gasteiger partial charge in [0.15, 0.2) is 0 Å². The van der Waals surface area contributed by atoms with E-state index in [1.54, 1.807) is 0 Å². The Morgan fingerprint density at radius 2 is 1.67 bits per heavy atom. The van der Waals surface area contributed by atoms with E-state index in [4.69, 9.17) is 0 Å². The minimum absolute atomic E-state index is 0.251. The summed E-state index contributed by atoms with van der Waals surface area (Å²) in [7, 11) is -2.76. The van der Waals surface area contributed by atoms with E-state index in [0.29, 0.717) is 12.8 Å². The summed E-state index contributed by atoms with van der Waals surface area (Å²) in [6.45, 7) is 0. The molecule has 0 unspecified atom stereocenters. The number of hydrogen-bond donors (Lipinski definition) is 1. The number of hydrogen-bond acceptors (Lipinski definition) is 3. The van der Waals surface area contributed by atoms with Gasteiger partial charge in [0.1, 0.15) is 9.84 Å². The van der Waals surface area contributed by atoms with E-state index >= 15 is 0 Å². The second-order valence-corrected chi connectivity index (χ2v) is 6.33. The highest BCUT2D eigenvalue weighted by Gasteiger charge is 2.48. The van der Waals surface area contributed by atoms with Crippen molar-refractivity contribution in [2.75, 3.05) is 11.5 Å². The van der Waals surface area contributed by atoms with Gasteiger partial charge in [-0.3, -0.25) is 0 Å². The van der Waals surface area contributed by atoms with Gasteiger partial charge >= 0.3 is 0 Å². The zero-order valence-corrected chi connectivity index (χ0v) is 7.81. The Kier molecular flexibility index (Phi) is 1.74. The van der Waals surface area contributed by atoms with Crippen LogP contribution in [0.1, 0.15) is 25.7 Å². The van der Waals surface area contributed by atoms with E-state index in [1.807, 2.05) is 0 Å².